The Balaban J connectivity index is 2.29. The zero-order valence-electron chi connectivity index (χ0n) is 11.5. The van der Waals surface area contributed by atoms with Crippen LogP contribution in [0.4, 0.5) is 0 Å². The van der Waals surface area contributed by atoms with Crippen molar-refractivity contribution in [1.82, 2.24) is 0 Å². The molecule has 0 aliphatic heterocycles. The lowest BCUT2D eigenvalue weighted by Crippen LogP contribution is -2.27. The molecule has 0 radical (unpaired) electrons. The Kier molecular flexibility index (Phi) is 7.59. The normalized spacial score (nSPS) is 21.1. The van der Waals surface area contributed by atoms with Gasteiger partial charge in [0.15, 0.2) is 0 Å². The Labute approximate surface area is 107 Å². The van der Waals surface area contributed by atoms with E-state index in [0.29, 0.717) is 11.8 Å². The number of rotatable bonds is 8. The predicted octanol–water partition coefficient (Wildman–Crippen LogP) is 4.70. The van der Waals surface area contributed by atoms with Gasteiger partial charge < -0.3 is 5.11 Å². The first kappa shape index (κ1) is 14.8. The minimum absolute atomic E-state index is 0.146. The number of hydrogen-bond acceptors (Lipinski definition) is 1. The third kappa shape index (κ3) is 5.25. The van der Waals surface area contributed by atoms with Crippen LogP contribution in [0.1, 0.15) is 71.1 Å². The highest BCUT2D eigenvalue weighted by atomic mass is 16.3. The van der Waals surface area contributed by atoms with Gasteiger partial charge in [0, 0.05) is 5.92 Å². The van der Waals surface area contributed by atoms with Crippen LogP contribution in [0.25, 0.3) is 0 Å². The Morgan fingerprint density at radius 2 is 1.88 bits per heavy atom. The molecule has 1 nitrogen and oxygen atoms in total. The van der Waals surface area contributed by atoms with E-state index in [2.05, 4.69) is 13.5 Å². The second-order valence-corrected chi connectivity index (χ2v) is 5.63. The topological polar surface area (TPSA) is 20.2 Å². The van der Waals surface area contributed by atoms with E-state index in [9.17, 15) is 5.11 Å². The van der Waals surface area contributed by atoms with E-state index < -0.39 is 0 Å². The maximum Gasteiger partial charge on any atom is 0.0605 e. The fourth-order valence-electron chi connectivity index (χ4n) is 3.16. The van der Waals surface area contributed by atoms with E-state index in [1.165, 1.54) is 57.8 Å². The third-order valence-electron chi connectivity index (χ3n) is 4.26. The SMILES string of the molecule is C=C[C@H](C1CCCCC1)[C@H](O)CCCCCC. The number of unbranched alkanes of at least 4 members (excludes halogenated alkanes) is 3. The van der Waals surface area contributed by atoms with Crippen LogP contribution >= 0.6 is 0 Å². The molecule has 0 aromatic carbocycles. The third-order valence-corrected chi connectivity index (χ3v) is 4.26. The lowest BCUT2D eigenvalue weighted by Gasteiger charge is -2.31. The van der Waals surface area contributed by atoms with Crippen LogP contribution in [0, 0.1) is 11.8 Å². The largest absolute Gasteiger partial charge is 0.393 e. The van der Waals surface area contributed by atoms with Gasteiger partial charge >= 0.3 is 0 Å². The molecule has 0 unspecified atom stereocenters. The molecule has 2 atom stereocenters. The highest BCUT2D eigenvalue weighted by Crippen LogP contribution is 2.33. The zero-order valence-corrected chi connectivity index (χ0v) is 11.5. The molecular weight excluding hydrogens is 208 g/mol. The molecule has 1 fully saturated rings. The molecule has 100 valence electrons. The van der Waals surface area contributed by atoms with Crippen LogP contribution in [-0.4, -0.2) is 11.2 Å². The maximum absolute atomic E-state index is 10.3. The molecule has 0 spiro atoms. The van der Waals surface area contributed by atoms with Crippen LogP contribution in [-0.2, 0) is 0 Å². The summed E-state index contributed by atoms with van der Waals surface area (Å²) < 4.78 is 0. The molecule has 0 saturated heterocycles. The summed E-state index contributed by atoms with van der Waals surface area (Å²) in [6, 6.07) is 0. The van der Waals surface area contributed by atoms with Gasteiger partial charge in [-0.15, -0.1) is 6.58 Å². The maximum atomic E-state index is 10.3. The summed E-state index contributed by atoms with van der Waals surface area (Å²) >= 11 is 0. The first-order valence-corrected chi connectivity index (χ1v) is 7.60. The molecule has 1 N–H and O–H groups in total. The second kappa shape index (κ2) is 8.74. The van der Waals surface area contributed by atoms with Crippen molar-refractivity contribution in [3.05, 3.63) is 12.7 Å². The van der Waals surface area contributed by atoms with Gasteiger partial charge in [-0.05, 0) is 25.2 Å². The van der Waals surface area contributed by atoms with E-state index in [1.807, 2.05) is 6.08 Å². The molecule has 1 aliphatic rings. The van der Waals surface area contributed by atoms with Crippen molar-refractivity contribution in [3.63, 3.8) is 0 Å². The lowest BCUT2D eigenvalue weighted by atomic mass is 9.76. The first-order chi connectivity index (χ1) is 8.29. The summed E-state index contributed by atoms with van der Waals surface area (Å²) in [4.78, 5) is 0. The molecule has 0 aromatic heterocycles. The summed E-state index contributed by atoms with van der Waals surface area (Å²) in [5, 5.41) is 10.3. The lowest BCUT2D eigenvalue weighted by molar-refractivity contribution is 0.0756. The van der Waals surface area contributed by atoms with E-state index in [4.69, 9.17) is 0 Å². The van der Waals surface area contributed by atoms with Gasteiger partial charge in [-0.2, -0.15) is 0 Å². The number of hydrogen-bond donors (Lipinski definition) is 1. The summed E-state index contributed by atoms with van der Waals surface area (Å²) in [7, 11) is 0. The van der Waals surface area contributed by atoms with Crippen LogP contribution in [0.5, 0.6) is 0 Å². The van der Waals surface area contributed by atoms with Crippen molar-refractivity contribution >= 4 is 0 Å². The smallest absolute Gasteiger partial charge is 0.0605 e. The zero-order chi connectivity index (χ0) is 12.5. The molecule has 1 saturated carbocycles. The Morgan fingerprint density at radius 3 is 2.47 bits per heavy atom. The van der Waals surface area contributed by atoms with Gasteiger partial charge in [0.05, 0.1) is 6.10 Å². The fourth-order valence-corrected chi connectivity index (χ4v) is 3.16. The minimum atomic E-state index is -0.146. The van der Waals surface area contributed by atoms with E-state index in [1.54, 1.807) is 0 Å². The van der Waals surface area contributed by atoms with Gasteiger partial charge in [0.1, 0.15) is 0 Å². The summed E-state index contributed by atoms with van der Waals surface area (Å²) in [6.45, 7) is 6.17. The van der Waals surface area contributed by atoms with Crippen molar-refractivity contribution < 1.29 is 5.11 Å². The highest BCUT2D eigenvalue weighted by molar-refractivity contribution is 4.90. The molecular formula is C16H30O. The predicted molar refractivity (Wildman–Crippen MR) is 75.0 cm³/mol. The average Bonchev–Trinajstić information content (AvgIpc) is 2.37. The molecule has 1 rings (SSSR count). The van der Waals surface area contributed by atoms with Gasteiger partial charge in [-0.1, -0.05) is 57.9 Å². The Morgan fingerprint density at radius 1 is 1.18 bits per heavy atom. The standard InChI is InChI=1S/C16H30O/c1-3-5-6-10-13-16(17)15(4-2)14-11-8-7-9-12-14/h4,14-17H,2-3,5-13H2,1H3/t15-,16-/m1/s1. The monoisotopic (exact) mass is 238 g/mol. The molecule has 17 heavy (non-hydrogen) atoms. The van der Waals surface area contributed by atoms with Crippen LogP contribution in [0.3, 0.4) is 0 Å². The van der Waals surface area contributed by atoms with Gasteiger partial charge in [-0.3, -0.25) is 0 Å². The molecule has 1 aliphatic carbocycles. The highest BCUT2D eigenvalue weighted by Gasteiger charge is 2.26. The van der Waals surface area contributed by atoms with Crippen molar-refractivity contribution in [1.29, 1.82) is 0 Å². The quantitative estimate of drug-likeness (QED) is 0.480. The number of aliphatic hydroxyl groups is 1. The van der Waals surface area contributed by atoms with Crippen LogP contribution in [0.2, 0.25) is 0 Å². The number of aliphatic hydroxyl groups excluding tert-OH is 1. The van der Waals surface area contributed by atoms with Gasteiger partial charge in [-0.25, -0.2) is 0 Å². The van der Waals surface area contributed by atoms with Crippen molar-refractivity contribution in [2.75, 3.05) is 0 Å². The van der Waals surface area contributed by atoms with E-state index >= 15 is 0 Å². The molecule has 0 heterocycles. The Hall–Kier alpha value is -0.300. The van der Waals surface area contributed by atoms with Crippen molar-refractivity contribution in [2.24, 2.45) is 11.8 Å². The first-order valence-electron chi connectivity index (χ1n) is 7.60. The van der Waals surface area contributed by atoms with E-state index in [0.717, 1.165) is 6.42 Å². The molecule has 0 amide bonds. The fraction of sp³-hybridized carbons (Fsp3) is 0.875. The van der Waals surface area contributed by atoms with Crippen LogP contribution < -0.4 is 0 Å². The van der Waals surface area contributed by atoms with E-state index in [-0.39, 0.29) is 6.10 Å². The molecule has 0 bridgehead atoms. The summed E-state index contributed by atoms with van der Waals surface area (Å²) in [5.74, 6) is 1.04. The van der Waals surface area contributed by atoms with Gasteiger partial charge in [0.2, 0.25) is 0 Å². The molecule has 1 heteroatoms. The van der Waals surface area contributed by atoms with Crippen molar-refractivity contribution in [3.8, 4) is 0 Å². The second-order valence-electron chi connectivity index (χ2n) is 5.63. The average molecular weight is 238 g/mol. The Bertz CT molecular complexity index is 194. The molecule has 0 aromatic rings. The van der Waals surface area contributed by atoms with Gasteiger partial charge in [0.25, 0.3) is 0 Å². The van der Waals surface area contributed by atoms with Crippen molar-refractivity contribution in [2.45, 2.75) is 77.2 Å². The minimum Gasteiger partial charge on any atom is -0.393 e. The summed E-state index contributed by atoms with van der Waals surface area (Å²) in [5.41, 5.74) is 0. The van der Waals surface area contributed by atoms with Crippen LogP contribution in [0.15, 0.2) is 12.7 Å². The summed E-state index contributed by atoms with van der Waals surface area (Å²) in [6.07, 6.45) is 14.5.